The first-order valence-electron chi connectivity index (χ1n) is 6.25. The van der Waals surface area contributed by atoms with Crippen LogP contribution in [-0.4, -0.2) is 6.04 Å². The number of hydrogen-bond acceptors (Lipinski definition) is 1. The van der Waals surface area contributed by atoms with Gasteiger partial charge in [-0.1, -0.05) is 24.5 Å². The van der Waals surface area contributed by atoms with Gasteiger partial charge in [0.05, 0.1) is 0 Å². The van der Waals surface area contributed by atoms with E-state index in [1.54, 1.807) is 11.1 Å². The van der Waals surface area contributed by atoms with E-state index in [1.807, 2.05) is 0 Å². The normalized spacial score (nSPS) is 33.9. The summed E-state index contributed by atoms with van der Waals surface area (Å²) < 4.78 is 0. The molecule has 2 rings (SSSR count). The second kappa shape index (κ2) is 4.48. The predicted octanol–water partition coefficient (Wildman–Crippen LogP) is 3.39. The molecule has 14 heavy (non-hydrogen) atoms. The highest BCUT2D eigenvalue weighted by Gasteiger charge is 2.22. The van der Waals surface area contributed by atoms with Crippen LogP contribution < -0.4 is 5.73 Å². The fourth-order valence-electron chi connectivity index (χ4n) is 2.99. The van der Waals surface area contributed by atoms with Gasteiger partial charge >= 0.3 is 0 Å². The van der Waals surface area contributed by atoms with Crippen LogP contribution in [0.25, 0.3) is 0 Å². The minimum Gasteiger partial charge on any atom is -0.327 e. The van der Waals surface area contributed by atoms with Gasteiger partial charge in [0.25, 0.3) is 0 Å². The summed E-state index contributed by atoms with van der Waals surface area (Å²) in [4.78, 5) is 0. The summed E-state index contributed by atoms with van der Waals surface area (Å²) in [5.74, 6) is 1.01. The van der Waals surface area contributed by atoms with E-state index in [0.717, 1.165) is 5.92 Å². The molecule has 0 saturated heterocycles. The molecular formula is C13H23N. The highest BCUT2D eigenvalue weighted by atomic mass is 14.6. The molecule has 0 radical (unpaired) electrons. The maximum absolute atomic E-state index is 5.95. The smallest absolute Gasteiger partial charge is 0.00792 e. The molecule has 0 aromatic carbocycles. The van der Waals surface area contributed by atoms with E-state index in [1.165, 1.54) is 51.4 Å². The van der Waals surface area contributed by atoms with Gasteiger partial charge in [0, 0.05) is 6.04 Å². The second-order valence-corrected chi connectivity index (χ2v) is 5.06. The van der Waals surface area contributed by atoms with E-state index < -0.39 is 0 Å². The van der Waals surface area contributed by atoms with Crippen LogP contribution in [0.15, 0.2) is 11.1 Å². The lowest BCUT2D eigenvalue weighted by Gasteiger charge is -2.24. The summed E-state index contributed by atoms with van der Waals surface area (Å²) in [5, 5.41) is 0. The van der Waals surface area contributed by atoms with Crippen molar-refractivity contribution in [2.24, 2.45) is 11.7 Å². The maximum Gasteiger partial charge on any atom is 0.00792 e. The Morgan fingerprint density at radius 3 is 2.21 bits per heavy atom. The Morgan fingerprint density at radius 1 is 1.07 bits per heavy atom. The van der Waals surface area contributed by atoms with Gasteiger partial charge in [-0.3, -0.25) is 0 Å². The van der Waals surface area contributed by atoms with Crippen LogP contribution in [0.3, 0.4) is 0 Å². The molecule has 0 aromatic rings. The molecule has 1 heteroatoms. The van der Waals surface area contributed by atoms with Gasteiger partial charge in [0.1, 0.15) is 0 Å². The van der Waals surface area contributed by atoms with Gasteiger partial charge in [0.15, 0.2) is 0 Å². The molecule has 2 fully saturated rings. The number of allylic oxidation sites excluding steroid dienone is 1. The van der Waals surface area contributed by atoms with Gasteiger partial charge < -0.3 is 5.73 Å². The molecule has 0 aromatic heterocycles. The highest BCUT2D eigenvalue weighted by molar-refractivity contribution is 5.20. The zero-order valence-corrected chi connectivity index (χ0v) is 9.39. The lowest BCUT2D eigenvalue weighted by atomic mass is 9.82. The molecule has 80 valence electrons. The molecule has 0 aliphatic heterocycles. The SMILES string of the molecule is CCC1CCC(=C2CCC(N)C2)CC1. The van der Waals surface area contributed by atoms with Crippen LogP contribution in [0, 0.1) is 5.92 Å². The fraction of sp³-hybridized carbons (Fsp3) is 0.846. The first-order chi connectivity index (χ1) is 6.79. The Hall–Kier alpha value is -0.300. The summed E-state index contributed by atoms with van der Waals surface area (Å²) >= 11 is 0. The minimum absolute atomic E-state index is 0.474. The van der Waals surface area contributed by atoms with Gasteiger partial charge in [-0.25, -0.2) is 0 Å². The molecule has 2 aliphatic rings. The van der Waals surface area contributed by atoms with E-state index in [9.17, 15) is 0 Å². The number of nitrogens with two attached hydrogens (primary N) is 1. The summed E-state index contributed by atoms with van der Waals surface area (Å²) in [5.41, 5.74) is 9.46. The lowest BCUT2D eigenvalue weighted by molar-refractivity contribution is 0.395. The summed E-state index contributed by atoms with van der Waals surface area (Å²) in [6, 6.07) is 0.474. The van der Waals surface area contributed by atoms with E-state index in [0.29, 0.717) is 6.04 Å². The average Bonchev–Trinajstić information content (AvgIpc) is 2.65. The van der Waals surface area contributed by atoms with Crippen LogP contribution in [0.1, 0.15) is 58.3 Å². The Labute approximate surface area is 87.8 Å². The van der Waals surface area contributed by atoms with Crippen LogP contribution in [0.2, 0.25) is 0 Å². The van der Waals surface area contributed by atoms with Crippen molar-refractivity contribution >= 4 is 0 Å². The Bertz CT molecular complexity index is 219. The Kier molecular flexibility index (Phi) is 3.27. The maximum atomic E-state index is 5.95. The molecule has 1 nitrogen and oxygen atoms in total. The van der Waals surface area contributed by atoms with Gasteiger partial charge in [-0.2, -0.15) is 0 Å². The number of hydrogen-bond donors (Lipinski definition) is 1. The Balaban J connectivity index is 1.94. The molecule has 0 spiro atoms. The standard InChI is InChI=1S/C13H23N/c1-2-10-3-5-11(6-4-10)12-7-8-13(14)9-12/h10,13H,2-9,14H2,1H3. The second-order valence-electron chi connectivity index (χ2n) is 5.06. The fourth-order valence-corrected chi connectivity index (χ4v) is 2.99. The third kappa shape index (κ3) is 2.20. The molecule has 2 N–H and O–H groups in total. The van der Waals surface area contributed by atoms with E-state index >= 15 is 0 Å². The summed E-state index contributed by atoms with van der Waals surface area (Å²) in [6.45, 7) is 2.33. The molecular weight excluding hydrogens is 170 g/mol. The highest BCUT2D eigenvalue weighted by Crippen LogP contribution is 2.36. The monoisotopic (exact) mass is 193 g/mol. The van der Waals surface area contributed by atoms with Gasteiger partial charge in [-0.15, -0.1) is 0 Å². The third-order valence-electron chi connectivity index (χ3n) is 4.11. The van der Waals surface area contributed by atoms with Gasteiger partial charge in [0.2, 0.25) is 0 Å². The van der Waals surface area contributed by atoms with E-state index in [4.69, 9.17) is 5.73 Å². The lowest BCUT2D eigenvalue weighted by Crippen LogP contribution is -2.14. The minimum atomic E-state index is 0.474. The molecule has 0 bridgehead atoms. The van der Waals surface area contributed by atoms with Crippen molar-refractivity contribution in [2.75, 3.05) is 0 Å². The number of rotatable bonds is 1. The van der Waals surface area contributed by atoms with Crippen molar-refractivity contribution in [2.45, 2.75) is 64.3 Å². The van der Waals surface area contributed by atoms with Crippen molar-refractivity contribution in [1.29, 1.82) is 0 Å². The first-order valence-corrected chi connectivity index (χ1v) is 6.25. The topological polar surface area (TPSA) is 26.0 Å². The zero-order chi connectivity index (χ0) is 9.97. The largest absolute Gasteiger partial charge is 0.327 e. The van der Waals surface area contributed by atoms with Crippen LogP contribution in [-0.2, 0) is 0 Å². The van der Waals surface area contributed by atoms with Crippen LogP contribution >= 0.6 is 0 Å². The molecule has 0 heterocycles. The van der Waals surface area contributed by atoms with Crippen molar-refractivity contribution in [1.82, 2.24) is 0 Å². The summed E-state index contributed by atoms with van der Waals surface area (Å²) in [7, 11) is 0. The van der Waals surface area contributed by atoms with E-state index in [2.05, 4.69) is 6.92 Å². The van der Waals surface area contributed by atoms with Crippen molar-refractivity contribution in [3.8, 4) is 0 Å². The first kappa shape index (κ1) is 10.2. The predicted molar refractivity (Wildman–Crippen MR) is 61.1 cm³/mol. The van der Waals surface area contributed by atoms with Crippen molar-refractivity contribution < 1.29 is 0 Å². The summed E-state index contributed by atoms with van der Waals surface area (Å²) in [6.07, 6.45) is 10.7. The van der Waals surface area contributed by atoms with Gasteiger partial charge in [-0.05, 0) is 50.9 Å². The van der Waals surface area contributed by atoms with Crippen molar-refractivity contribution in [3.05, 3.63) is 11.1 Å². The molecule has 1 unspecified atom stereocenters. The zero-order valence-electron chi connectivity index (χ0n) is 9.39. The molecule has 2 saturated carbocycles. The van der Waals surface area contributed by atoms with Crippen LogP contribution in [0.5, 0.6) is 0 Å². The molecule has 0 amide bonds. The third-order valence-corrected chi connectivity index (χ3v) is 4.11. The van der Waals surface area contributed by atoms with Crippen LogP contribution in [0.4, 0.5) is 0 Å². The Morgan fingerprint density at radius 2 is 1.71 bits per heavy atom. The van der Waals surface area contributed by atoms with E-state index in [-0.39, 0.29) is 0 Å². The van der Waals surface area contributed by atoms with Crippen molar-refractivity contribution in [3.63, 3.8) is 0 Å². The molecule has 1 atom stereocenters. The average molecular weight is 193 g/mol. The molecule has 2 aliphatic carbocycles. The quantitative estimate of drug-likeness (QED) is 0.635.